The molecule has 1 aromatic rings. The molecule has 0 bridgehead atoms. The van der Waals surface area contributed by atoms with Crippen LogP contribution in [-0.2, 0) is 27.2 Å². The molecule has 1 unspecified atom stereocenters. The zero-order valence-corrected chi connectivity index (χ0v) is 13.7. The summed E-state index contributed by atoms with van der Waals surface area (Å²) >= 11 is 3.35. The lowest BCUT2D eigenvalue weighted by molar-refractivity contribution is -0.384. The molecule has 1 aliphatic rings. The topological polar surface area (TPSA) is 98.5 Å². The van der Waals surface area contributed by atoms with Gasteiger partial charge in [-0.3, -0.25) is 19.7 Å². The first-order valence-corrected chi connectivity index (χ1v) is 7.52. The third-order valence-corrected chi connectivity index (χ3v) is 4.16. The number of benzene rings is 1. The third kappa shape index (κ3) is 3.44. The van der Waals surface area contributed by atoms with E-state index in [1.807, 2.05) is 0 Å². The van der Waals surface area contributed by atoms with E-state index >= 15 is 0 Å². The Hall–Kier alpha value is -1.96. The Bertz CT molecular complexity index is 659. The van der Waals surface area contributed by atoms with Crippen molar-refractivity contribution in [2.24, 2.45) is 0 Å². The number of carbonyl (C=O) groups is 2. The molecule has 0 saturated carbocycles. The first-order chi connectivity index (χ1) is 10.3. The van der Waals surface area contributed by atoms with Crippen LogP contribution in [0.3, 0.4) is 0 Å². The monoisotopic (exact) mass is 370 g/mol. The van der Waals surface area contributed by atoms with Crippen LogP contribution in [-0.4, -0.2) is 22.9 Å². The van der Waals surface area contributed by atoms with E-state index in [0.29, 0.717) is 29.3 Å². The fourth-order valence-electron chi connectivity index (χ4n) is 2.65. The van der Waals surface area contributed by atoms with E-state index in [1.165, 1.54) is 19.9 Å². The molecule has 1 N–H and O–H groups in total. The number of nitro groups is 1. The largest absolute Gasteiger partial charge is 0.462 e. The van der Waals surface area contributed by atoms with Crippen molar-refractivity contribution in [3.05, 3.63) is 31.8 Å². The molecule has 0 saturated heterocycles. The maximum Gasteiger partial charge on any atom is 0.302 e. The number of hydrogen-bond acceptors (Lipinski definition) is 5. The number of anilines is 1. The lowest BCUT2D eigenvalue weighted by Gasteiger charge is -2.27. The summed E-state index contributed by atoms with van der Waals surface area (Å²) in [5.41, 5.74) is 1.56. The van der Waals surface area contributed by atoms with Crippen LogP contribution < -0.4 is 5.32 Å². The van der Waals surface area contributed by atoms with Crippen molar-refractivity contribution in [1.82, 2.24) is 0 Å². The van der Waals surface area contributed by atoms with Crippen molar-refractivity contribution in [2.45, 2.75) is 39.2 Å². The number of nitrogens with one attached hydrogen (secondary N) is 1. The molecule has 0 aromatic heterocycles. The number of fused-ring (bicyclic) bond motifs is 1. The Morgan fingerprint density at radius 2 is 2.09 bits per heavy atom. The molecule has 118 valence electrons. The van der Waals surface area contributed by atoms with Gasteiger partial charge in [0.25, 0.3) is 5.69 Å². The first kappa shape index (κ1) is 16.4. The van der Waals surface area contributed by atoms with Gasteiger partial charge in [0.05, 0.1) is 4.92 Å². The number of esters is 1. The summed E-state index contributed by atoms with van der Waals surface area (Å²) in [5, 5.41) is 13.8. The highest BCUT2D eigenvalue weighted by atomic mass is 79.9. The van der Waals surface area contributed by atoms with Crippen molar-refractivity contribution in [1.29, 1.82) is 0 Å². The van der Waals surface area contributed by atoms with E-state index in [1.54, 1.807) is 0 Å². The normalized spacial score (nSPS) is 16.6. The van der Waals surface area contributed by atoms with E-state index in [9.17, 15) is 19.7 Å². The molecular weight excluding hydrogens is 356 g/mol. The van der Waals surface area contributed by atoms with Crippen molar-refractivity contribution in [3.8, 4) is 0 Å². The van der Waals surface area contributed by atoms with Crippen molar-refractivity contribution in [2.75, 3.05) is 5.32 Å². The minimum atomic E-state index is -0.536. The smallest absolute Gasteiger partial charge is 0.302 e. The van der Waals surface area contributed by atoms with Gasteiger partial charge in [-0.05, 0) is 24.0 Å². The van der Waals surface area contributed by atoms with Gasteiger partial charge in [-0.2, -0.15) is 0 Å². The molecule has 7 nitrogen and oxygen atoms in total. The van der Waals surface area contributed by atoms with Crippen LogP contribution in [0.15, 0.2) is 10.5 Å². The van der Waals surface area contributed by atoms with Crippen LogP contribution in [0.5, 0.6) is 0 Å². The minimum Gasteiger partial charge on any atom is -0.462 e. The van der Waals surface area contributed by atoms with Gasteiger partial charge in [0.15, 0.2) is 0 Å². The summed E-state index contributed by atoms with van der Waals surface area (Å²) in [7, 11) is 0. The molecule has 0 fully saturated rings. The Labute approximate surface area is 135 Å². The van der Waals surface area contributed by atoms with Gasteiger partial charge >= 0.3 is 5.97 Å². The van der Waals surface area contributed by atoms with E-state index in [4.69, 9.17) is 4.74 Å². The molecule has 22 heavy (non-hydrogen) atoms. The van der Waals surface area contributed by atoms with E-state index in [2.05, 4.69) is 21.2 Å². The van der Waals surface area contributed by atoms with Gasteiger partial charge in [-0.15, -0.1) is 0 Å². The van der Waals surface area contributed by atoms with Crippen molar-refractivity contribution in [3.63, 3.8) is 0 Å². The average Bonchev–Trinajstić information content (AvgIpc) is 2.40. The molecule has 0 radical (unpaired) electrons. The number of rotatable bonds is 3. The molecule has 0 spiro atoms. The standard InChI is InChI=1S/C14H15BrN2O5/c1-7(18)16-14-11-5-9(22-8(2)19)3-4-10(11)12(15)6-13(14)17(20)21/h6,9H,3-5H2,1-2H3,(H,16,18). The zero-order chi connectivity index (χ0) is 16.4. The summed E-state index contributed by atoms with van der Waals surface area (Å²) in [6.07, 6.45) is 1.25. The number of hydrogen-bond donors (Lipinski definition) is 1. The summed E-state index contributed by atoms with van der Waals surface area (Å²) in [6, 6.07) is 1.40. The lowest BCUT2D eigenvalue weighted by Crippen LogP contribution is -2.26. The lowest BCUT2D eigenvalue weighted by atomic mass is 9.87. The number of amides is 1. The minimum absolute atomic E-state index is 0.177. The second-order valence-corrected chi connectivity index (χ2v) is 5.98. The van der Waals surface area contributed by atoms with Crippen LogP contribution in [0.4, 0.5) is 11.4 Å². The van der Waals surface area contributed by atoms with Gasteiger partial charge in [0, 0.05) is 30.8 Å². The first-order valence-electron chi connectivity index (χ1n) is 6.73. The van der Waals surface area contributed by atoms with E-state index in [-0.39, 0.29) is 29.4 Å². The number of ether oxygens (including phenoxy) is 1. The predicted molar refractivity (Wildman–Crippen MR) is 82.7 cm³/mol. The van der Waals surface area contributed by atoms with Crippen molar-refractivity contribution >= 4 is 39.2 Å². The summed E-state index contributed by atoms with van der Waals surface area (Å²) < 4.78 is 5.84. The Morgan fingerprint density at radius 3 is 2.64 bits per heavy atom. The van der Waals surface area contributed by atoms with Crippen LogP contribution in [0, 0.1) is 10.1 Å². The van der Waals surface area contributed by atoms with Gasteiger partial charge in [-0.25, -0.2) is 0 Å². The van der Waals surface area contributed by atoms with Gasteiger partial charge in [-0.1, -0.05) is 15.9 Å². The highest BCUT2D eigenvalue weighted by Gasteiger charge is 2.30. The second-order valence-electron chi connectivity index (χ2n) is 5.12. The Kier molecular flexibility index (Phi) is 4.80. The summed E-state index contributed by atoms with van der Waals surface area (Å²) in [6.45, 7) is 2.62. The molecule has 1 aromatic carbocycles. The molecular formula is C14H15BrN2O5. The van der Waals surface area contributed by atoms with Crippen LogP contribution >= 0.6 is 15.9 Å². The molecule has 1 aliphatic carbocycles. The number of nitro benzene ring substituents is 1. The SMILES string of the molecule is CC(=O)Nc1c([N+](=O)[O-])cc(Br)c2c1CC(OC(C)=O)CC2. The molecule has 0 aliphatic heterocycles. The third-order valence-electron chi connectivity index (χ3n) is 3.45. The Morgan fingerprint density at radius 1 is 1.41 bits per heavy atom. The second kappa shape index (κ2) is 6.43. The predicted octanol–water partition coefficient (Wildman–Crippen LogP) is 2.74. The summed E-state index contributed by atoms with van der Waals surface area (Å²) in [5.74, 6) is -0.777. The summed E-state index contributed by atoms with van der Waals surface area (Å²) in [4.78, 5) is 33.2. The van der Waals surface area contributed by atoms with Crippen LogP contribution in [0.2, 0.25) is 0 Å². The molecule has 1 atom stereocenters. The quantitative estimate of drug-likeness (QED) is 0.501. The number of halogens is 1. The zero-order valence-electron chi connectivity index (χ0n) is 12.1. The maximum atomic E-state index is 11.4. The number of nitrogens with zero attached hydrogens (tertiary/aromatic N) is 1. The van der Waals surface area contributed by atoms with Crippen LogP contribution in [0.25, 0.3) is 0 Å². The molecule has 2 rings (SSSR count). The van der Waals surface area contributed by atoms with Gasteiger partial charge in [0.1, 0.15) is 11.8 Å². The van der Waals surface area contributed by atoms with E-state index < -0.39 is 4.92 Å². The van der Waals surface area contributed by atoms with Gasteiger partial charge in [0.2, 0.25) is 5.91 Å². The molecule has 8 heteroatoms. The fourth-order valence-corrected chi connectivity index (χ4v) is 3.31. The molecule has 1 amide bonds. The Balaban J connectivity index is 2.52. The fraction of sp³-hybridized carbons (Fsp3) is 0.429. The van der Waals surface area contributed by atoms with Crippen molar-refractivity contribution < 1.29 is 19.2 Å². The highest BCUT2D eigenvalue weighted by molar-refractivity contribution is 9.10. The maximum absolute atomic E-state index is 11.4. The van der Waals surface area contributed by atoms with E-state index in [0.717, 1.165) is 5.56 Å². The number of carbonyl (C=O) groups excluding carboxylic acids is 2. The van der Waals surface area contributed by atoms with Gasteiger partial charge < -0.3 is 10.1 Å². The molecule has 0 heterocycles. The van der Waals surface area contributed by atoms with Crippen LogP contribution in [0.1, 0.15) is 31.4 Å². The average molecular weight is 371 g/mol. The highest BCUT2D eigenvalue weighted by Crippen LogP contribution is 2.40.